The van der Waals surface area contributed by atoms with Crippen molar-refractivity contribution in [2.75, 3.05) is 26.2 Å². The van der Waals surface area contributed by atoms with Gasteiger partial charge in [0.1, 0.15) is 11.5 Å². The van der Waals surface area contributed by atoms with Gasteiger partial charge in [0, 0.05) is 46.8 Å². The molecule has 5 rings (SSSR count). The first kappa shape index (κ1) is 15.0. The molecule has 2 heterocycles. The molecule has 3 aromatic carbocycles. The first-order chi connectivity index (χ1) is 12.7. The van der Waals surface area contributed by atoms with Gasteiger partial charge in [-0.3, -0.25) is 0 Å². The Morgan fingerprint density at radius 3 is 2.42 bits per heavy atom. The third-order valence-electron chi connectivity index (χ3n) is 5.17. The summed E-state index contributed by atoms with van der Waals surface area (Å²) in [5.41, 5.74) is 6.57. The summed E-state index contributed by atoms with van der Waals surface area (Å²) in [6.45, 7) is 0. The lowest BCUT2D eigenvalue weighted by molar-refractivity contribution is 0.415. The lowest BCUT2D eigenvalue weighted by atomic mass is 9.90. The Morgan fingerprint density at radius 2 is 1.62 bits per heavy atom. The van der Waals surface area contributed by atoms with E-state index in [2.05, 4.69) is 48.3 Å². The number of pyridine rings is 1. The van der Waals surface area contributed by atoms with Crippen LogP contribution in [0.1, 0.15) is 0 Å². The van der Waals surface area contributed by atoms with E-state index in [1.54, 1.807) is 14.2 Å². The predicted molar refractivity (Wildman–Crippen MR) is 106 cm³/mol. The molecule has 0 spiro atoms. The minimum Gasteiger partial charge on any atom is -0.497 e. The largest absolute Gasteiger partial charge is 0.497 e. The van der Waals surface area contributed by atoms with Crippen LogP contribution in [-0.2, 0) is 0 Å². The topological polar surface area (TPSA) is 34.6 Å². The van der Waals surface area contributed by atoms with Gasteiger partial charge in [0.25, 0.3) is 0 Å². The molecular weight excluding hydrogens is 324 g/mol. The van der Waals surface area contributed by atoms with Crippen LogP contribution in [0.15, 0.2) is 54.6 Å². The number of hydrogen-bond acceptors (Lipinski definition) is 4. The molecule has 0 bridgehead atoms. The average molecular weight is 342 g/mol. The smallest absolute Gasteiger partial charge is 0.123 e. The molecule has 0 atom stereocenters. The van der Waals surface area contributed by atoms with Gasteiger partial charge in [0.15, 0.2) is 0 Å². The first-order valence-corrected chi connectivity index (χ1v) is 8.54. The maximum absolute atomic E-state index is 5.53. The summed E-state index contributed by atoms with van der Waals surface area (Å²) < 4.78 is 11.0. The third-order valence-corrected chi connectivity index (χ3v) is 5.17. The van der Waals surface area contributed by atoms with Crippen LogP contribution in [0.25, 0.3) is 32.9 Å². The Kier molecular flexibility index (Phi) is 3.10. The monoisotopic (exact) mass is 342 g/mol. The first-order valence-electron chi connectivity index (χ1n) is 8.54. The van der Waals surface area contributed by atoms with Gasteiger partial charge in [-0.15, -0.1) is 0 Å². The minimum absolute atomic E-state index is 0.810. The second-order valence-corrected chi connectivity index (χ2v) is 6.49. The fourth-order valence-electron chi connectivity index (χ4n) is 3.90. The predicted octanol–water partition coefficient (Wildman–Crippen LogP) is 5.15. The molecule has 1 aliphatic heterocycles. The number of fused-ring (bicyclic) bond motifs is 4. The van der Waals surface area contributed by atoms with Crippen LogP contribution in [0.5, 0.6) is 11.5 Å². The number of rotatable bonds is 2. The minimum atomic E-state index is 0.810. The highest BCUT2D eigenvalue weighted by Gasteiger charge is 2.25. The van der Waals surface area contributed by atoms with Crippen molar-refractivity contribution in [3.63, 3.8) is 0 Å². The molecule has 0 amide bonds. The van der Waals surface area contributed by atoms with Gasteiger partial charge in [-0.25, -0.2) is 4.98 Å². The van der Waals surface area contributed by atoms with Crippen LogP contribution in [0.2, 0.25) is 0 Å². The van der Waals surface area contributed by atoms with Crippen molar-refractivity contribution in [1.29, 1.82) is 0 Å². The van der Waals surface area contributed by atoms with Gasteiger partial charge in [-0.1, -0.05) is 18.2 Å². The molecular formula is C22H18N2O2. The molecule has 0 unspecified atom stereocenters. The summed E-state index contributed by atoms with van der Waals surface area (Å²) in [5, 5.41) is 2.25. The van der Waals surface area contributed by atoms with Crippen LogP contribution < -0.4 is 14.4 Å². The number of nitrogens with zero attached hydrogens (tertiary/aromatic N) is 2. The van der Waals surface area contributed by atoms with Crippen LogP contribution in [0.3, 0.4) is 0 Å². The summed E-state index contributed by atoms with van der Waals surface area (Å²) in [5.74, 6) is 1.64. The van der Waals surface area contributed by atoms with E-state index in [0.717, 1.165) is 39.0 Å². The standard InChI is InChI=1S/C22H18N2O2/c1-24-19-7-5-4-6-15(19)21-16-10-13(25-2)8-9-17(16)23-18-11-14(26-3)12-20(24)22(18)21/h4-12H,1-3H3. The summed E-state index contributed by atoms with van der Waals surface area (Å²) in [6.07, 6.45) is 0. The van der Waals surface area contributed by atoms with Crippen LogP contribution in [0, 0.1) is 0 Å². The fraction of sp³-hybridized carbons (Fsp3) is 0.136. The van der Waals surface area contributed by atoms with Gasteiger partial charge in [-0.05, 0) is 24.3 Å². The highest BCUT2D eigenvalue weighted by molar-refractivity contribution is 6.19. The Bertz CT molecular complexity index is 1180. The lowest BCUT2D eigenvalue weighted by Gasteiger charge is -2.31. The Balaban J connectivity index is 2.04. The molecule has 26 heavy (non-hydrogen) atoms. The third kappa shape index (κ3) is 1.93. The van der Waals surface area contributed by atoms with E-state index in [4.69, 9.17) is 14.5 Å². The molecule has 0 saturated heterocycles. The van der Waals surface area contributed by atoms with E-state index in [-0.39, 0.29) is 0 Å². The van der Waals surface area contributed by atoms with Crippen molar-refractivity contribution in [2.24, 2.45) is 0 Å². The number of anilines is 2. The van der Waals surface area contributed by atoms with Crippen molar-refractivity contribution in [3.05, 3.63) is 54.6 Å². The number of ether oxygens (including phenoxy) is 2. The molecule has 0 aliphatic carbocycles. The lowest BCUT2D eigenvalue weighted by Crippen LogP contribution is -2.15. The van der Waals surface area contributed by atoms with Crippen molar-refractivity contribution in [1.82, 2.24) is 4.98 Å². The van der Waals surface area contributed by atoms with Crippen molar-refractivity contribution in [2.45, 2.75) is 0 Å². The van der Waals surface area contributed by atoms with Crippen LogP contribution >= 0.6 is 0 Å². The quantitative estimate of drug-likeness (QED) is 0.472. The maximum Gasteiger partial charge on any atom is 0.123 e. The van der Waals surface area contributed by atoms with Gasteiger partial charge in [0.05, 0.1) is 30.9 Å². The summed E-state index contributed by atoms with van der Waals surface area (Å²) in [7, 11) is 5.47. The summed E-state index contributed by atoms with van der Waals surface area (Å²) in [4.78, 5) is 7.12. The van der Waals surface area contributed by atoms with E-state index in [1.807, 2.05) is 18.2 Å². The average Bonchev–Trinajstić information content (AvgIpc) is 2.69. The van der Waals surface area contributed by atoms with Gasteiger partial charge in [-0.2, -0.15) is 0 Å². The van der Waals surface area contributed by atoms with E-state index in [9.17, 15) is 0 Å². The van der Waals surface area contributed by atoms with Crippen LogP contribution in [-0.4, -0.2) is 26.3 Å². The molecule has 0 N–H and O–H groups in total. The number of para-hydroxylation sites is 1. The molecule has 1 aromatic heterocycles. The molecule has 4 heteroatoms. The fourth-order valence-corrected chi connectivity index (χ4v) is 3.90. The summed E-state index contributed by atoms with van der Waals surface area (Å²) >= 11 is 0. The molecule has 0 saturated carbocycles. The van der Waals surface area contributed by atoms with Crippen LogP contribution in [0.4, 0.5) is 11.4 Å². The Hall–Kier alpha value is -3.27. The maximum atomic E-state index is 5.53. The molecule has 4 nitrogen and oxygen atoms in total. The Labute approximate surface area is 151 Å². The van der Waals surface area contributed by atoms with Gasteiger partial charge in [0.2, 0.25) is 0 Å². The van der Waals surface area contributed by atoms with E-state index in [0.29, 0.717) is 0 Å². The normalized spacial score (nSPS) is 12.3. The van der Waals surface area contributed by atoms with Gasteiger partial charge < -0.3 is 14.4 Å². The zero-order chi connectivity index (χ0) is 17.8. The molecule has 0 fully saturated rings. The van der Waals surface area contributed by atoms with Crippen molar-refractivity contribution < 1.29 is 9.47 Å². The number of aromatic nitrogens is 1. The van der Waals surface area contributed by atoms with E-state index >= 15 is 0 Å². The zero-order valence-electron chi connectivity index (χ0n) is 14.9. The van der Waals surface area contributed by atoms with E-state index in [1.165, 1.54) is 16.8 Å². The highest BCUT2D eigenvalue weighted by atomic mass is 16.5. The number of hydrogen-bond donors (Lipinski definition) is 0. The van der Waals surface area contributed by atoms with Gasteiger partial charge >= 0.3 is 0 Å². The summed E-state index contributed by atoms with van der Waals surface area (Å²) in [6, 6.07) is 18.6. The van der Waals surface area contributed by atoms with Crippen molar-refractivity contribution >= 4 is 33.2 Å². The van der Waals surface area contributed by atoms with Crippen molar-refractivity contribution in [3.8, 4) is 22.6 Å². The SMILES string of the molecule is COc1cc2c3c(c4cc(OC)ccc4nc3c1)-c1ccccc1N2C. The molecule has 0 radical (unpaired) electrons. The number of benzene rings is 3. The molecule has 4 aromatic rings. The van der Waals surface area contributed by atoms with E-state index < -0.39 is 0 Å². The molecule has 1 aliphatic rings. The Morgan fingerprint density at radius 1 is 0.808 bits per heavy atom. The number of methoxy groups -OCH3 is 2. The molecule has 128 valence electrons. The zero-order valence-corrected chi connectivity index (χ0v) is 14.9. The second kappa shape index (κ2) is 5.36. The second-order valence-electron chi connectivity index (χ2n) is 6.49. The highest BCUT2D eigenvalue weighted by Crippen LogP contribution is 2.50.